The number of likely N-dealkylation sites (tertiary alicyclic amines) is 1. The lowest BCUT2D eigenvalue weighted by Gasteiger charge is -2.37. The number of piperidine rings is 1. The quantitative estimate of drug-likeness (QED) is 0.738. The Bertz CT molecular complexity index is 836. The van der Waals surface area contributed by atoms with E-state index < -0.39 is 29.5 Å². The van der Waals surface area contributed by atoms with Gasteiger partial charge in [0, 0.05) is 31.9 Å². The number of hydrogen-bond donors (Lipinski definition) is 1. The summed E-state index contributed by atoms with van der Waals surface area (Å²) in [6.07, 6.45) is -2.57. The van der Waals surface area contributed by atoms with Crippen LogP contribution < -0.4 is 10.2 Å². The Morgan fingerprint density at radius 1 is 1.19 bits per heavy atom. The minimum absolute atomic E-state index is 0.0117. The number of amides is 2. The molecule has 1 aromatic rings. The summed E-state index contributed by atoms with van der Waals surface area (Å²) < 4.78 is 43.6. The highest BCUT2D eigenvalue weighted by atomic mass is 35.5. The van der Waals surface area contributed by atoms with E-state index in [4.69, 9.17) is 16.3 Å². The highest BCUT2D eigenvalue weighted by Crippen LogP contribution is 2.34. The van der Waals surface area contributed by atoms with E-state index in [1.54, 1.807) is 25.7 Å². The molecule has 0 unspecified atom stereocenters. The number of hydrogen-bond acceptors (Lipinski definition) is 5. The molecule has 31 heavy (non-hydrogen) atoms. The molecule has 2 fully saturated rings. The Hall–Kier alpha value is -2.23. The maximum Gasteiger partial charge on any atom is 0.417 e. The van der Waals surface area contributed by atoms with E-state index in [2.05, 4.69) is 10.3 Å². The predicted octanol–water partition coefficient (Wildman–Crippen LogP) is 3.85. The van der Waals surface area contributed by atoms with Gasteiger partial charge in [-0.15, -0.1) is 0 Å². The van der Waals surface area contributed by atoms with Crippen molar-refractivity contribution in [3.63, 3.8) is 0 Å². The topological polar surface area (TPSA) is 74.8 Å². The van der Waals surface area contributed by atoms with E-state index in [1.165, 1.54) is 0 Å². The van der Waals surface area contributed by atoms with Crippen molar-refractivity contribution in [3.8, 4) is 0 Å². The fourth-order valence-corrected chi connectivity index (χ4v) is 4.14. The molecule has 1 atom stereocenters. The van der Waals surface area contributed by atoms with Crippen LogP contribution in [0.25, 0.3) is 0 Å². The molecule has 0 spiro atoms. The number of halogens is 4. The van der Waals surface area contributed by atoms with E-state index in [0.717, 1.165) is 12.3 Å². The van der Waals surface area contributed by atoms with Gasteiger partial charge < -0.3 is 19.9 Å². The third-order valence-corrected chi connectivity index (χ3v) is 5.56. The lowest BCUT2D eigenvalue weighted by Crippen LogP contribution is -2.49. The molecule has 0 aliphatic carbocycles. The number of nitrogens with one attached hydrogen (secondary N) is 1. The van der Waals surface area contributed by atoms with Crippen molar-refractivity contribution in [1.29, 1.82) is 0 Å². The van der Waals surface area contributed by atoms with Crippen LogP contribution in [0, 0.1) is 0 Å². The van der Waals surface area contributed by atoms with Gasteiger partial charge in [-0.1, -0.05) is 11.6 Å². The minimum Gasteiger partial charge on any atom is -0.444 e. The van der Waals surface area contributed by atoms with Crippen LogP contribution in [0.4, 0.5) is 23.8 Å². The van der Waals surface area contributed by atoms with Crippen LogP contribution in [0.1, 0.15) is 45.6 Å². The molecule has 1 N–H and O–H groups in total. The molecule has 11 heteroatoms. The fourth-order valence-electron chi connectivity index (χ4n) is 3.86. The average Bonchev–Trinajstić information content (AvgIpc) is 3.00. The van der Waals surface area contributed by atoms with Gasteiger partial charge in [0.25, 0.3) is 0 Å². The number of carbonyl (C=O) groups excluding carboxylic acids is 2. The summed E-state index contributed by atoms with van der Waals surface area (Å²) in [5.41, 5.74) is -1.53. The molecule has 172 valence electrons. The molecule has 0 radical (unpaired) electrons. The number of anilines is 1. The number of rotatable bonds is 3. The van der Waals surface area contributed by atoms with Crippen molar-refractivity contribution < 1.29 is 27.5 Å². The molecule has 7 nitrogen and oxygen atoms in total. The smallest absolute Gasteiger partial charge is 0.417 e. The number of alkyl carbamates (subject to hydrolysis) is 1. The Kier molecular flexibility index (Phi) is 6.59. The van der Waals surface area contributed by atoms with E-state index in [9.17, 15) is 22.8 Å². The first kappa shape index (κ1) is 23.4. The number of carbonyl (C=O) groups is 2. The summed E-state index contributed by atoms with van der Waals surface area (Å²) in [4.78, 5) is 32.2. The molecule has 1 aromatic heterocycles. The summed E-state index contributed by atoms with van der Waals surface area (Å²) in [5.74, 6) is 0.167. The minimum atomic E-state index is -4.50. The van der Waals surface area contributed by atoms with Gasteiger partial charge in [-0.3, -0.25) is 4.79 Å². The zero-order chi connectivity index (χ0) is 23.0. The fraction of sp³-hybridized carbons (Fsp3) is 0.650. The van der Waals surface area contributed by atoms with Crippen molar-refractivity contribution in [2.24, 2.45) is 0 Å². The highest BCUT2D eigenvalue weighted by molar-refractivity contribution is 6.33. The molecular weight excluding hydrogens is 437 g/mol. The summed E-state index contributed by atoms with van der Waals surface area (Å²) >= 11 is 6.05. The molecule has 3 rings (SSSR count). The van der Waals surface area contributed by atoms with E-state index >= 15 is 0 Å². The molecule has 2 aliphatic heterocycles. The predicted molar refractivity (Wildman–Crippen MR) is 109 cm³/mol. The number of ether oxygens (including phenoxy) is 1. The Labute approximate surface area is 183 Å². The molecular formula is C20H26ClF3N4O3. The molecule has 0 bridgehead atoms. The van der Waals surface area contributed by atoms with Crippen LogP contribution in [-0.2, 0) is 15.7 Å². The van der Waals surface area contributed by atoms with Crippen LogP contribution in [0.2, 0.25) is 5.02 Å². The maximum atomic E-state index is 12.8. The summed E-state index contributed by atoms with van der Waals surface area (Å²) in [5, 5.41) is 2.58. The van der Waals surface area contributed by atoms with E-state index in [-0.39, 0.29) is 17.0 Å². The van der Waals surface area contributed by atoms with Crippen molar-refractivity contribution >= 4 is 29.4 Å². The zero-order valence-corrected chi connectivity index (χ0v) is 18.4. The third-order valence-electron chi connectivity index (χ3n) is 5.28. The van der Waals surface area contributed by atoms with E-state index in [1.807, 2.05) is 4.90 Å². The van der Waals surface area contributed by atoms with Crippen molar-refractivity contribution in [1.82, 2.24) is 15.2 Å². The number of pyridine rings is 1. The Morgan fingerprint density at radius 3 is 2.39 bits per heavy atom. The van der Waals surface area contributed by atoms with Gasteiger partial charge in [0.1, 0.15) is 17.5 Å². The lowest BCUT2D eigenvalue weighted by atomic mass is 10.0. The monoisotopic (exact) mass is 462 g/mol. The van der Waals surface area contributed by atoms with Gasteiger partial charge in [-0.25, -0.2) is 9.78 Å². The summed E-state index contributed by atoms with van der Waals surface area (Å²) in [7, 11) is 0. The Morgan fingerprint density at radius 2 is 1.84 bits per heavy atom. The first-order chi connectivity index (χ1) is 14.3. The van der Waals surface area contributed by atoms with E-state index in [0.29, 0.717) is 44.7 Å². The SMILES string of the molecule is CC(C)(C)OC(=O)N[C@H]1CCN(C2CCN(c3ncc(C(F)(F)F)cc3Cl)CC2)C1=O. The number of alkyl halides is 3. The van der Waals surface area contributed by atoms with Crippen LogP contribution in [0.15, 0.2) is 12.3 Å². The van der Waals surface area contributed by atoms with Crippen molar-refractivity contribution in [2.75, 3.05) is 24.5 Å². The first-order valence-electron chi connectivity index (χ1n) is 10.1. The normalized spacial score (nSPS) is 20.9. The molecule has 0 saturated carbocycles. The van der Waals surface area contributed by atoms with Crippen molar-refractivity contribution in [3.05, 3.63) is 22.8 Å². The molecule has 0 aromatic carbocycles. The standard InChI is InChI=1S/C20H26ClF3N4O3/c1-19(2,3)31-18(30)26-15-6-9-28(17(15)29)13-4-7-27(8-5-13)16-14(21)10-12(11-25-16)20(22,23)24/h10-11,13,15H,4-9H2,1-3H3,(H,26,30)/t15-/m0/s1. The second kappa shape index (κ2) is 8.72. The van der Waals surface area contributed by atoms with Crippen LogP contribution in [-0.4, -0.2) is 59.2 Å². The highest BCUT2D eigenvalue weighted by Gasteiger charge is 2.39. The lowest BCUT2D eigenvalue weighted by molar-refractivity contribution is -0.137. The largest absolute Gasteiger partial charge is 0.444 e. The van der Waals surface area contributed by atoms with Gasteiger partial charge in [0.05, 0.1) is 10.6 Å². The van der Waals surface area contributed by atoms with Crippen molar-refractivity contribution in [2.45, 2.75) is 63.9 Å². The summed E-state index contributed by atoms with van der Waals surface area (Å²) in [6, 6.07) is 0.258. The van der Waals surface area contributed by atoms with Gasteiger partial charge in [0.2, 0.25) is 5.91 Å². The zero-order valence-electron chi connectivity index (χ0n) is 17.6. The van der Waals surface area contributed by atoms with Crippen LogP contribution >= 0.6 is 11.6 Å². The van der Waals surface area contributed by atoms with Gasteiger partial charge in [-0.2, -0.15) is 13.2 Å². The van der Waals surface area contributed by atoms with Gasteiger partial charge >= 0.3 is 12.3 Å². The first-order valence-corrected chi connectivity index (χ1v) is 10.5. The van der Waals surface area contributed by atoms with Crippen LogP contribution in [0.5, 0.6) is 0 Å². The second-order valence-corrected chi connectivity index (χ2v) is 9.17. The Balaban J connectivity index is 1.55. The average molecular weight is 463 g/mol. The van der Waals surface area contributed by atoms with Crippen LogP contribution in [0.3, 0.4) is 0 Å². The molecule has 2 saturated heterocycles. The number of aromatic nitrogens is 1. The maximum absolute atomic E-state index is 12.8. The summed E-state index contributed by atoms with van der Waals surface area (Å²) in [6.45, 7) is 6.80. The third kappa shape index (κ3) is 5.72. The van der Waals surface area contributed by atoms with Gasteiger partial charge in [-0.05, 0) is 46.1 Å². The van der Waals surface area contributed by atoms with Gasteiger partial charge in [0.15, 0.2) is 0 Å². The molecule has 2 aliphatic rings. The molecule has 2 amide bonds. The second-order valence-electron chi connectivity index (χ2n) is 8.76. The number of nitrogens with zero attached hydrogens (tertiary/aromatic N) is 3. The molecule has 3 heterocycles.